The summed E-state index contributed by atoms with van der Waals surface area (Å²) in [6, 6.07) is 6.31. The van der Waals surface area contributed by atoms with Crippen LogP contribution in [-0.4, -0.2) is 22.8 Å². The second kappa shape index (κ2) is 4.26. The average Bonchev–Trinajstić information content (AvgIpc) is 2.29. The number of hydrogen-bond acceptors (Lipinski definition) is 5. The fourth-order valence-electron chi connectivity index (χ4n) is 1.94. The van der Waals surface area contributed by atoms with Crippen molar-refractivity contribution in [2.45, 2.75) is 33.0 Å². The Morgan fingerprint density at radius 2 is 1.47 bits per heavy atom. The van der Waals surface area contributed by atoms with E-state index in [-0.39, 0.29) is 12.2 Å². The molecule has 0 aliphatic carbocycles. The van der Waals surface area contributed by atoms with E-state index in [0.29, 0.717) is 0 Å². The lowest BCUT2D eigenvalue weighted by atomic mass is 9.82. The molecule has 1 aliphatic rings. The van der Waals surface area contributed by atoms with E-state index in [1.165, 1.54) is 32.9 Å². The van der Waals surface area contributed by atoms with Crippen LogP contribution in [0.3, 0.4) is 0 Å². The molecule has 1 saturated heterocycles. The first-order chi connectivity index (χ1) is 8.73. The summed E-state index contributed by atoms with van der Waals surface area (Å²) in [6.07, 6.45) is 0.168. The van der Waals surface area contributed by atoms with Crippen LogP contribution in [0.1, 0.15) is 26.3 Å². The standard InChI is InChI=1S/C14H16O5/c1-13(2)18-11(16)14(3,12(17)19-13)8-9-4-6-10(15)7-5-9/h4-7,15H,8H2,1-3H3. The molecule has 0 bridgehead atoms. The highest BCUT2D eigenvalue weighted by Gasteiger charge is 2.52. The van der Waals surface area contributed by atoms with E-state index in [1.807, 2.05) is 0 Å². The Morgan fingerprint density at radius 3 is 1.95 bits per heavy atom. The van der Waals surface area contributed by atoms with Crippen molar-refractivity contribution in [2.75, 3.05) is 0 Å². The normalized spacial score (nSPS) is 20.6. The second-order valence-electron chi connectivity index (χ2n) is 5.35. The van der Waals surface area contributed by atoms with Gasteiger partial charge < -0.3 is 14.6 Å². The van der Waals surface area contributed by atoms with Crippen LogP contribution in [0.25, 0.3) is 0 Å². The number of rotatable bonds is 2. The zero-order valence-electron chi connectivity index (χ0n) is 11.1. The molecule has 2 rings (SSSR count). The molecule has 1 aliphatic heterocycles. The van der Waals surface area contributed by atoms with Gasteiger partial charge in [-0.2, -0.15) is 0 Å². The van der Waals surface area contributed by atoms with E-state index >= 15 is 0 Å². The molecule has 1 fully saturated rings. The Balaban J connectivity index is 2.25. The molecule has 0 amide bonds. The summed E-state index contributed by atoms with van der Waals surface area (Å²) < 4.78 is 10.2. The van der Waals surface area contributed by atoms with E-state index in [0.717, 1.165) is 5.56 Å². The third kappa shape index (κ3) is 2.54. The minimum atomic E-state index is -1.35. The molecule has 1 N–H and O–H groups in total. The van der Waals surface area contributed by atoms with Crippen molar-refractivity contribution in [3.05, 3.63) is 29.8 Å². The van der Waals surface area contributed by atoms with Gasteiger partial charge >= 0.3 is 11.9 Å². The van der Waals surface area contributed by atoms with Gasteiger partial charge in [0.15, 0.2) is 5.41 Å². The first-order valence-corrected chi connectivity index (χ1v) is 5.98. The minimum absolute atomic E-state index is 0.129. The van der Waals surface area contributed by atoms with Crippen LogP contribution in [0.2, 0.25) is 0 Å². The van der Waals surface area contributed by atoms with E-state index in [4.69, 9.17) is 9.47 Å². The number of cyclic esters (lactones) is 2. The minimum Gasteiger partial charge on any atom is -0.508 e. The lowest BCUT2D eigenvalue weighted by Gasteiger charge is -2.38. The number of phenols is 1. The third-order valence-corrected chi connectivity index (χ3v) is 3.07. The van der Waals surface area contributed by atoms with Crippen LogP contribution in [0, 0.1) is 5.41 Å². The largest absolute Gasteiger partial charge is 0.508 e. The third-order valence-electron chi connectivity index (χ3n) is 3.07. The van der Waals surface area contributed by atoms with Gasteiger partial charge in [-0.1, -0.05) is 12.1 Å². The van der Waals surface area contributed by atoms with Gasteiger partial charge in [0.25, 0.3) is 5.79 Å². The quantitative estimate of drug-likeness (QED) is 0.651. The Hall–Kier alpha value is -2.04. The van der Waals surface area contributed by atoms with Gasteiger partial charge in [-0.3, -0.25) is 9.59 Å². The molecule has 1 aromatic carbocycles. The van der Waals surface area contributed by atoms with Crippen LogP contribution >= 0.6 is 0 Å². The van der Waals surface area contributed by atoms with Gasteiger partial charge in [0.05, 0.1) is 0 Å². The maximum atomic E-state index is 12.0. The van der Waals surface area contributed by atoms with Gasteiger partial charge in [0, 0.05) is 13.8 Å². The fourth-order valence-corrected chi connectivity index (χ4v) is 1.94. The lowest BCUT2D eigenvalue weighted by Crippen LogP contribution is -2.53. The summed E-state index contributed by atoms with van der Waals surface area (Å²) in [5.74, 6) is -2.28. The van der Waals surface area contributed by atoms with Gasteiger partial charge in [0.1, 0.15) is 5.75 Å². The molecule has 0 aromatic heterocycles. The average molecular weight is 264 g/mol. The number of benzene rings is 1. The van der Waals surface area contributed by atoms with Crippen molar-refractivity contribution in [2.24, 2.45) is 5.41 Å². The first kappa shape index (κ1) is 13.4. The molecule has 0 atom stereocenters. The van der Waals surface area contributed by atoms with Crippen molar-refractivity contribution in [3.63, 3.8) is 0 Å². The van der Waals surface area contributed by atoms with Gasteiger partial charge in [-0.25, -0.2) is 0 Å². The number of ether oxygens (including phenoxy) is 2. The van der Waals surface area contributed by atoms with Crippen molar-refractivity contribution in [1.29, 1.82) is 0 Å². The number of phenolic OH excluding ortho intramolecular Hbond substituents is 1. The first-order valence-electron chi connectivity index (χ1n) is 5.98. The molecule has 102 valence electrons. The smallest absolute Gasteiger partial charge is 0.326 e. The van der Waals surface area contributed by atoms with Crippen LogP contribution in [0.4, 0.5) is 0 Å². The molecule has 5 heteroatoms. The zero-order chi connectivity index (χ0) is 14.3. The molecule has 1 aromatic rings. The van der Waals surface area contributed by atoms with Crippen molar-refractivity contribution >= 4 is 11.9 Å². The maximum absolute atomic E-state index is 12.0. The van der Waals surface area contributed by atoms with Crippen molar-refractivity contribution in [3.8, 4) is 5.75 Å². The van der Waals surface area contributed by atoms with Crippen molar-refractivity contribution < 1.29 is 24.2 Å². The number of esters is 2. The summed E-state index contributed by atoms with van der Waals surface area (Å²) in [5.41, 5.74) is -0.610. The number of carbonyl (C=O) groups excluding carboxylic acids is 2. The van der Waals surface area contributed by atoms with Gasteiger partial charge in [-0.15, -0.1) is 0 Å². The number of hydrogen-bond donors (Lipinski definition) is 1. The highest BCUT2D eigenvalue weighted by atomic mass is 16.7. The number of carbonyl (C=O) groups is 2. The molecular weight excluding hydrogens is 248 g/mol. The Labute approximate surface area is 111 Å². The second-order valence-corrected chi connectivity index (χ2v) is 5.35. The summed E-state index contributed by atoms with van der Waals surface area (Å²) in [4.78, 5) is 24.1. The topological polar surface area (TPSA) is 72.8 Å². The highest BCUT2D eigenvalue weighted by molar-refractivity contribution is 6.01. The summed E-state index contributed by atoms with van der Waals surface area (Å²) in [5, 5.41) is 9.22. The fraction of sp³-hybridized carbons (Fsp3) is 0.429. The molecule has 0 radical (unpaired) electrons. The van der Waals surface area contributed by atoms with E-state index in [2.05, 4.69) is 0 Å². The van der Waals surface area contributed by atoms with Crippen LogP contribution < -0.4 is 0 Å². The summed E-state index contributed by atoms with van der Waals surface area (Å²) in [6.45, 7) is 4.53. The molecule has 19 heavy (non-hydrogen) atoms. The molecule has 5 nitrogen and oxygen atoms in total. The van der Waals surface area contributed by atoms with Crippen molar-refractivity contribution in [1.82, 2.24) is 0 Å². The predicted octanol–water partition coefficient (Wildman–Crippen LogP) is 1.78. The Kier molecular flexibility index (Phi) is 3.00. The molecule has 1 heterocycles. The highest BCUT2D eigenvalue weighted by Crippen LogP contribution is 2.35. The monoisotopic (exact) mass is 264 g/mol. The van der Waals surface area contributed by atoms with Gasteiger partial charge in [-0.05, 0) is 31.0 Å². The SMILES string of the molecule is CC1(C)OC(=O)C(C)(Cc2ccc(O)cc2)C(=O)O1. The van der Waals surface area contributed by atoms with Gasteiger partial charge in [0.2, 0.25) is 0 Å². The van der Waals surface area contributed by atoms with E-state index < -0.39 is 23.1 Å². The molecular formula is C14H16O5. The summed E-state index contributed by atoms with van der Waals surface area (Å²) >= 11 is 0. The molecule has 0 spiro atoms. The van der Waals surface area contributed by atoms with Crippen LogP contribution in [-0.2, 0) is 25.5 Å². The Bertz CT molecular complexity index is 495. The van der Waals surface area contributed by atoms with E-state index in [9.17, 15) is 14.7 Å². The Morgan fingerprint density at radius 1 is 1.00 bits per heavy atom. The maximum Gasteiger partial charge on any atom is 0.326 e. The van der Waals surface area contributed by atoms with Crippen LogP contribution in [0.15, 0.2) is 24.3 Å². The number of aromatic hydroxyl groups is 1. The molecule has 0 saturated carbocycles. The van der Waals surface area contributed by atoms with Crippen LogP contribution in [0.5, 0.6) is 5.75 Å². The summed E-state index contributed by atoms with van der Waals surface area (Å²) in [7, 11) is 0. The molecule has 0 unspecified atom stereocenters. The lowest BCUT2D eigenvalue weighted by molar-refractivity contribution is -0.249. The zero-order valence-corrected chi connectivity index (χ0v) is 11.1. The predicted molar refractivity (Wildman–Crippen MR) is 66.2 cm³/mol. The van der Waals surface area contributed by atoms with E-state index in [1.54, 1.807) is 12.1 Å².